The maximum atomic E-state index is 3.26. The molecule has 0 fully saturated rings. The van der Waals surface area contributed by atoms with E-state index in [0.717, 1.165) is 6.42 Å². The topological polar surface area (TPSA) is 15.8 Å². The van der Waals surface area contributed by atoms with Crippen molar-refractivity contribution in [2.24, 2.45) is 0 Å². The maximum absolute atomic E-state index is 3.26. The molecule has 1 aromatic carbocycles. The molecule has 0 saturated carbocycles. The first-order chi connectivity index (χ1) is 6.72. The van der Waals surface area contributed by atoms with E-state index in [4.69, 9.17) is 0 Å². The lowest BCUT2D eigenvalue weighted by atomic mass is 9.94. The number of H-pyrrole nitrogens is 1. The molecule has 0 aliphatic rings. The summed E-state index contributed by atoms with van der Waals surface area (Å²) in [5, 5.41) is 1.32. The van der Waals surface area contributed by atoms with Crippen LogP contribution in [0.5, 0.6) is 0 Å². The average Bonchev–Trinajstić information content (AvgIpc) is 2.62. The van der Waals surface area contributed by atoms with Gasteiger partial charge in [-0.3, -0.25) is 0 Å². The van der Waals surface area contributed by atoms with Crippen molar-refractivity contribution in [3.63, 3.8) is 0 Å². The van der Waals surface area contributed by atoms with Gasteiger partial charge in [0.1, 0.15) is 0 Å². The van der Waals surface area contributed by atoms with Crippen LogP contribution in [0.15, 0.2) is 24.4 Å². The first kappa shape index (κ1) is 9.32. The predicted octanol–water partition coefficient (Wildman–Crippen LogP) is 3.85. The van der Waals surface area contributed by atoms with Crippen LogP contribution in [0.3, 0.4) is 0 Å². The highest BCUT2D eigenvalue weighted by Gasteiger charge is 2.07. The minimum atomic E-state index is 0.615. The lowest BCUT2D eigenvalue weighted by Gasteiger charge is -2.11. The van der Waals surface area contributed by atoms with Crippen molar-refractivity contribution in [1.82, 2.24) is 4.98 Å². The van der Waals surface area contributed by atoms with Gasteiger partial charge in [0.15, 0.2) is 0 Å². The molecular weight excluding hydrogens is 170 g/mol. The smallest absolute Gasteiger partial charge is 0.0456 e. The molecule has 0 spiro atoms. The number of hydrogen-bond acceptors (Lipinski definition) is 0. The number of nitrogens with one attached hydrogen (secondary N) is 1. The third kappa shape index (κ3) is 1.43. The number of aromatic nitrogens is 1. The van der Waals surface area contributed by atoms with E-state index in [1.165, 1.54) is 22.0 Å². The number of hydrogen-bond donors (Lipinski definition) is 1. The SMILES string of the molecule is CCc1cc2[nH]ccc2cc1C(C)C. The fraction of sp³-hybridized carbons (Fsp3) is 0.385. The van der Waals surface area contributed by atoms with E-state index < -0.39 is 0 Å². The average molecular weight is 187 g/mol. The van der Waals surface area contributed by atoms with Gasteiger partial charge >= 0.3 is 0 Å². The van der Waals surface area contributed by atoms with E-state index in [1.54, 1.807) is 0 Å². The third-order valence-corrected chi connectivity index (χ3v) is 2.82. The molecule has 0 radical (unpaired) electrons. The quantitative estimate of drug-likeness (QED) is 0.735. The first-order valence-corrected chi connectivity index (χ1v) is 5.32. The summed E-state index contributed by atoms with van der Waals surface area (Å²) >= 11 is 0. The van der Waals surface area contributed by atoms with Gasteiger partial charge in [0.05, 0.1) is 0 Å². The number of aromatic amines is 1. The number of rotatable bonds is 2. The largest absolute Gasteiger partial charge is 0.361 e. The van der Waals surface area contributed by atoms with Crippen LogP contribution in [0.2, 0.25) is 0 Å². The van der Waals surface area contributed by atoms with Crippen LogP contribution in [-0.4, -0.2) is 4.98 Å². The molecule has 0 aliphatic carbocycles. The number of fused-ring (bicyclic) bond motifs is 1. The summed E-state index contributed by atoms with van der Waals surface area (Å²) in [5.41, 5.74) is 4.21. The number of aryl methyl sites for hydroxylation is 1. The number of benzene rings is 1. The molecule has 14 heavy (non-hydrogen) atoms. The Bertz CT molecular complexity index is 437. The van der Waals surface area contributed by atoms with Crippen LogP contribution < -0.4 is 0 Å². The normalized spacial score (nSPS) is 11.4. The van der Waals surface area contributed by atoms with Gasteiger partial charge in [0.25, 0.3) is 0 Å². The van der Waals surface area contributed by atoms with Crippen molar-refractivity contribution < 1.29 is 0 Å². The Morgan fingerprint density at radius 3 is 2.71 bits per heavy atom. The molecule has 0 aliphatic heterocycles. The molecule has 0 atom stereocenters. The monoisotopic (exact) mass is 187 g/mol. The Labute approximate surface area is 85.1 Å². The highest BCUT2D eigenvalue weighted by Crippen LogP contribution is 2.25. The van der Waals surface area contributed by atoms with Crippen molar-refractivity contribution in [3.05, 3.63) is 35.5 Å². The Balaban J connectivity index is 2.66. The van der Waals surface area contributed by atoms with Gasteiger partial charge in [0.2, 0.25) is 0 Å². The summed E-state index contributed by atoms with van der Waals surface area (Å²) in [6.45, 7) is 6.73. The summed E-state index contributed by atoms with van der Waals surface area (Å²) in [6.07, 6.45) is 3.12. The highest BCUT2D eigenvalue weighted by atomic mass is 14.7. The fourth-order valence-electron chi connectivity index (χ4n) is 2.01. The van der Waals surface area contributed by atoms with Crippen LogP contribution in [-0.2, 0) is 6.42 Å². The standard InChI is InChI=1S/C13H17N/c1-4-10-8-13-11(5-6-14-13)7-12(10)9(2)3/h5-9,14H,4H2,1-3H3. The molecule has 1 heterocycles. The molecule has 0 amide bonds. The first-order valence-electron chi connectivity index (χ1n) is 5.32. The van der Waals surface area contributed by atoms with Crippen LogP contribution in [0.25, 0.3) is 10.9 Å². The van der Waals surface area contributed by atoms with Crippen LogP contribution >= 0.6 is 0 Å². The van der Waals surface area contributed by atoms with Gasteiger partial charge in [0, 0.05) is 11.7 Å². The molecule has 2 rings (SSSR count). The van der Waals surface area contributed by atoms with Crippen molar-refractivity contribution >= 4 is 10.9 Å². The van der Waals surface area contributed by atoms with Crippen molar-refractivity contribution in [2.45, 2.75) is 33.1 Å². The summed E-state index contributed by atoms with van der Waals surface area (Å²) in [4.78, 5) is 3.26. The summed E-state index contributed by atoms with van der Waals surface area (Å²) < 4.78 is 0. The second-order valence-corrected chi connectivity index (χ2v) is 4.12. The fourth-order valence-corrected chi connectivity index (χ4v) is 2.01. The molecule has 0 bridgehead atoms. The molecule has 1 aromatic heterocycles. The third-order valence-electron chi connectivity index (χ3n) is 2.82. The van der Waals surface area contributed by atoms with Gasteiger partial charge in [-0.2, -0.15) is 0 Å². The van der Waals surface area contributed by atoms with E-state index in [0.29, 0.717) is 5.92 Å². The van der Waals surface area contributed by atoms with Crippen LogP contribution in [0.1, 0.15) is 37.8 Å². The summed E-state index contributed by atoms with van der Waals surface area (Å²) in [7, 11) is 0. The molecule has 0 unspecified atom stereocenters. The summed E-state index contributed by atoms with van der Waals surface area (Å²) in [5.74, 6) is 0.615. The van der Waals surface area contributed by atoms with Crippen molar-refractivity contribution in [2.75, 3.05) is 0 Å². The van der Waals surface area contributed by atoms with E-state index in [1.807, 2.05) is 6.20 Å². The van der Waals surface area contributed by atoms with E-state index in [9.17, 15) is 0 Å². The summed E-state index contributed by atoms with van der Waals surface area (Å²) in [6, 6.07) is 6.74. The molecule has 2 aromatic rings. The molecule has 0 saturated heterocycles. The lowest BCUT2D eigenvalue weighted by molar-refractivity contribution is 0.847. The Hall–Kier alpha value is -1.24. The van der Waals surface area contributed by atoms with Gasteiger partial charge in [-0.05, 0) is 47.1 Å². The second kappa shape index (κ2) is 3.49. The Morgan fingerprint density at radius 1 is 1.29 bits per heavy atom. The van der Waals surface area contributed by atoms with Gasteiger partial charge in [-0.1, -0.05) is 20.8 Å². The zero-order valence-corrected chi connectivity index (χ0v) is 9.09. The van der Waals surface area contributed by atoms with E-state index in [-0.39, 0.29) is 0 Å². The molecule has 74 valence electrons. The van der Waals surface area contributed by atoms with Crippen LogP contribution in [0.4, 0.5) is 0 Å². The second-order valence-electron chi connectivity index (χ2n) is 4.12. The zero-order valence-electron chi connectivity index (χ0n) is 9.09. The zero-order chi connectivity index (χ0) is 10.1. The minimum absolute atomic E-state index is 0.615. The van der Waals surface area contributed by atoms with Crippen molar-refractivity contribution in [1.29, 1.82) is 0 Å². The Kier molecular flexibility index (Phi) is 2.32. The van der Waals surface area contributed by atoms with Gasteiger partial charge in [-0.25, -0.2) is 0 Å². The van der Waals surface area contributed by atoms with Gasteiger partial charge < -0.3 is 4.98 Å². The van der Waals surface area contributed by atoms with E-state index in [2.05, 4.69) is 44.0 Å². The molecule has 1 N–H and O–H groups in total. The van der Waals surface area contributed by atoms with E-state index >= 15 is 0 Å². The maximum Gasteiger partial charge on any atom is 0.0456 e. The predicted molar refractivity (Wildman–Crippen MR) is 61.8 cm³/mol. The highest BCUT2D eigenvalue weighted by molar-refractivity contribution is 5.81. The van der Waals surface area contributed by atoms with Crippen molar-refractivity contribution in [3.8, 4) is 0 Å². The lowest BCUT2D eigenvalue weighted by Crippen LogP contribution is -1.94. The Morgan fingerprint density at radius 2 is 2.07 bits per heavy atom. The van der Waals surface area contributed by atoms with Gasteiger partial charge in [-0.15, -0.1) is 0 Å². The molecule has 1 nitrogen and oxygen atoms in total. The molecule has 1 heteroatoms. The van der Waals surface area contributed by atoms with Crippen LogP contribution in [0, 0.1) is 0 Å². The molecular formula is C13H17N. The minimum Gasteiger partial charge on any atom is -0.361 e.